The van der Waals surface area contributed by atoms with Gasteiger partial charge in [0.25, 0.3) is 0 Å². The van der Waals surface area contributed by atoms with E-state index in [-0.39, 0.29) is 6.54 Å². The molecule has 0 spiro atoms. The molecule has 1 aromatic rings. The van der Waals surface area contributed by atoms with Gasteiger partial charge in [0.15, 0.2) is 0 Å². The van der Waals surface area contributed by atoms with E-state index in [4.69, 9.17) is 4.74 Å². The average molecular weight is 207 g/mol. The molecule has 80 valence electrons. The first-order valence-corrected chi connectivity index (χ1v) is 4.74. The van der Waals surface area contributed by atoms with Crippen LogP contribution in [-0.4, -0.2) is 18.9 Å². The summed E-state index contributed by atoms with van der Waals surface area (Å²) in [6, 6.07) is 7.23. The SMILES string of the molecule is CCc1ccc(OC(=O)NCC=O)cc1. The molecule has 15 heavy (non-hydrogen) atoms. The van der Waals surface area contributed by atoms with Gasteiger partial charge in [-0.3, -0.25) is 0 Å². The predicted molar refractivity (Wildman–Crippen MR) is 55.9 cm³/mol. The molecule has 0 saturated heterocycles. The third-order valence-electron chi connectivity index (χ3n) is 1.87. The summed E-state index contributed by atoms with van der Waals surface area (Å²) >= 11 is 0. The molecule has 0 aliphatic heterocycles. The van der Waals surface area contributed by atoms with Crippen molar-refractivity contribution < 1.29 is 14.3 Å². The molecule has 0 aliphatic rings. The van der Waals surface area contributed by atoms with Crippen LogP contribution in [0.3, 0.4) is 0 Å². The Hall–Kier alpha value is -1.84. The van der Waals surface area contributed by atoms with Gasteiger partial charge in [-0.1, -0.05) is 19.1 Å². The Bertz CT molecular complexity index is 332. The first-order valence-electron chi connectivity index (χ1n) is 4.74. The molecule has 1 N–H and O–H groups in total. The average Bonchev–Trinajstić information content (AvgIpc) is 2.27. The van der Waals surface area contributed by atoms with Gasteiger partial charge in [-0.2, -0.15) is 0 Å². The summed E-state index contributed by atoms with van der Waals surface area (Å²) in [5, 5.41) is 2.28. The van der Waals surface area contributed by atoms with Gasteiger partial charge in [-0.05, 0) is 24.1 Å². The lowest BCUT2D eigenvalue weighted by atomic mass is 10.2. The number of carbonyl (C=O) groups is 2. The van der Waals surface area contributed by atoms with Crippen molar-refractivity contribution in [2.45, 2.75) is 13.3 Å². The Morgan fingerprint density at radius 2 is 2.07 bits per heavy atom. The molecule has 4 heteroatoms. The van der Waals surface area contributed by atoms with Crippen molar-refractivity contribution in [1.82, 2.24) is 5.32 Å². The fourth-order valence-electron chi connectivity index (χ4n) is 1.06. The highest BCUT2D eigenvalue weighted by Crippen LogP contribution is 2.12. The molecule has 0 bridgehead atoms. The standard InChI is InChI=1S/C11H13NO3/c1-2-9-3-5-10(6-4-9)15-11(14)12-7-8-13/h3-6,8H,2,7H2,1H3,(H,12,14). The zero-order valence-electron chi connectivity index (χ0n) is 8.53. The summed E-state index contributed by atoms with van der Waals surface area (Å²) in [6.07, 6.45) is 0.922. The first kappa shape index (κ1) is 11.2. The van der Waals surface area contributed by atoms with E-state index in [1.54, 1.807) is 12.1 Å². The van der Waals surface area contributed by atoms with Gasteiger partial charge in [0, 0.05) is 0 Å². The zero-order valence-corrected chi connectivity index (χ0v) is 8.53. The number of hydrogen-bond acceptors (Lipinski definition) is 3. The van der Waals surface area contributed by atoms with Crippen LogP contribution in [0.2, 0.25) is 0 Å². The fraction of sp³-hybridized carbons (Fsp3) is 0.273. The molecule has 1 amide bonds. The van der Waals surface area contributed by atoms with Crippen LogP contribution >= 0.6 is 0 Å². The van der Waals surface area contributed by atoms with Gasteiger partial charge in [-0.25, -0.2) is 4.79 Å². The van der Waals surface area contributed by atoms with E-state index in [9.17, 15) is 9.59 Å². The Morgan fingerprint density at radius 1 is 1.40 bits per heavy atom. The van der Waals surface area contributed by atoms with Crippen molar-refractivity contribution >= 4 is 12.4 Å². The van der Waals surface area contributed by atoms with E-state index in [1.807, 2.05) is 19.1 Å². The maximum absolute atomic E-state index is 11.0. The molecule has 4 nitrogen and oxygen atoms in total. The number of hydrogen-bond donors (Lipinski definition) is 1. The van der Waals surface area contributed by atoms with Crippen molar-refractivity contribution in [3.05, 3.63) is 29.8 Å². The van der Waals surface area contributed by atoms with Crippen molar-refractivity contribution in [3.8, 4) is 5.75 Å². The van der Waals surface area contributed by atoms with Gasteiger partial charge in [0.1, 0.15) is 12.0 Å². The van der Waals surface area contributed by atoms with Crippen LogP contribution in [0.5, 0.6) is 5.75 Å². The molecule has 0 unspecified atom stereocenters. The molecular weight excluding hydrogens is 194 g/mol. The predicted octanol–water partition coefficient (Wildman–Crippen LogP) is 1.54. The lowest BCUT2D eigenvalue weighted by Gasteiger charge is -2.04. The number of amides is 1. The number of ether oxygens (including phenoxy) is 1. The van der Waals surface area contributed by atoms with Crippen LogP contribution in [0.25, 0.3) is 0 Å². The van der Waals surface area contributed by atoms with Crippen molar-refractivity contribution in [2.75, 3.05) is 6.54 Å². The fourth-order valence-corrected chi connectivity index (χ4v) is 1.06. The Kier molecular flexibility index (Phi) is 4.34. The lowest BCUT2D eigenvalue weighted by molar-refractivity contribution is -0.107. The second-order valence-corrected chi connectivity index (χ2v) is 2.93. The quantitative estimate of drug-likeness (QED) is 0.762. The van der Waals surface area contributed by atoms with Crippen LogP contribution in [-0.2, 0) is 11.2 Å². The van der Waals surface area contributed by atoms with Gasteiger partial charge in [-0.15, -0.1) is 0 Å². The largest absolute Gasteiger partial charge is 0.412 e. The molecule has 0 aliphatic carbocycles. The molecule has 1 rings (SSSR count). The minimum absolute atomic E-state index is 0.0358. The summed E-state index contributed by atoms with van der Waals surface area (Å²) < 4.78 is 4.91. The minimum atomic E-state index is -0.619. The molecule has 0 heterocycles. The van der Waals surface area contributed by atoms with Gasteiger partial charge in [0.2, 0.25) is 0 Å². The second kappa shape index (κ2) is 5.80. The number of carbonyl (C=O) groups excluding carboxylic acids is 2. The number of nitrogens with one attached hydrogen (secondary N) is 1. The smallest absolute Gasteiger partial charge is 0.410 e. The van der Waals surface area contributed by atoms with Crippen LogP contribution in [0.15, 0.2) is 24.3 Å². The summed E-state index contributed by atoms with van der Waals surface area (Å²) in [4.78, 5) is 21.0. The third kappa shape index (κ3) is 3.81. The Balaban J connectivity index is 2.49. The lowest BCUT2D eigenvalue weighted by Crippen LogP contribution is -2.28. The molecular formula is C11H13NO3. The van der Waals surface area contributed by atoms with Crippen LogP contribution in [0, 0.1) is 0 Å². The van der Waals surface area contributed by atoms with Crippen molar-refractivity contribution in [1.29, 1.82) is 0 Å². The first-order chi connectivity index (χ1) is 7.26. The maximum Gasteiger partial charge on any atom is 0.412 e. The second-order valence-electron chi connectivity index (χ2n) is 2.93. The van der Waals surface area contributed by atoms with E-state index < -0.39 is 6.09 Å². The molecule has 0 aromatic heterocycles. The molecule has 0 fully saturated rings. The van der Waals surface area contributed by atoms with E-state index >= 15 is 0 Å². The summed E-state index contributed by atoms with van der Waals surface area (Å²) in [5.74, 6) is 0.468. The van der Waals surface area contributed by atoms with E-state index in [2.05, 4.69) is 5.32 Å². The van der Waals surface area contributed by atoms with Crippen LogP contribution in [0.1, 0.15) is 12.5 Å². The van der Waals surface area contributed by atoms with Gasteiger partial charge >= 0.3 is 6.09 Å². The minimum Gasteiger partial charge on any atom is -0.410 e. The number of aryl methyl sites for hydroxylation is 1. The number of rotatable bonds is 4. The van der Waals surface area contributed by atoms with Gasteiger partial charge in [0.05, 0.1) is 6.54 Å². The van der Waals surface area contributed by atoms with E-state index in [0.29, 0.717) is 12.0 Å². The van der Waals surface area contributed by atoms with E-state index in [1.165, 1.54) is 5.56 Å². The van der Waals surface area contributed by atoms with Crippen molar-refractivity contribution in [3.63, 3.8) is 0 Å². The monoisotopic (exact) mass is 207 g/mol. The molecule has 0 atom stereocenters. The molecule has 0 radical (unpaired) electrons. The number of benzene rings is 1. The highest BCUT2D eigenvalue weighted by molar-refractivity contribution is 5.73. The van der Waals surface area contributed by atoms with Gasteiger partial charge < -0.3 is 14.8 Å². The molecule has 0 saturated carbocycles. The number of aldehydes is 1. The highest BCUT2D eigenvalue weighted by Gasteiger charge is 2.02. The Morgan fingerprint density at radius 3 is 2.60 bits per heavy atom. The summed E-state index contributed by atoms with van der Waals surface area (Å²) in [5.41, 5.74) is 1.18. The van der Waals surface area contributed by atoms with E-state index in [0.717, 1.165) is 6.42 Å². The van der Waals surface area contributed by atoms with Crippen LogP contribution < -0.4 is 10.1 Å². The van der Waals surface area contributed by atoms with Crippen LogP contribution in [0.4, 0.5) is 4.79 Å². The Labute approximate surface area is 88.2 Å². The highest BCUT2D eigenvalue weighted by atomic mass is 16.6. The normalized spacial score (nSPS) is 9.40. The summed E-state index contributed by atoms with van der Waals surface area (Å²) in [6.45, 7) is 2.01. The molecule has 1 aromatic carbocycles. The topological polar surface area (TPSA) is 55.4 Å². The third-order valence-corrected chi connectivity index (χ3v) is 1.87. The van der Waals surface area contributed by atoms with Crippen molar-refractivity contribution in [2.24, 2.45) is 0 Å². The maximum atomic E-state index is 11.0. The zero-order chi connectivity index (χ0) is 11.1. The summed E-state index contributed by atoms with van der Waals surface area (Å²) in [7, 11) is 0.